The van der Waals surface area contributed by atoms with Gasteiger partial charge in [0.05, 0.1) is 7.11 Å². The van der Waals surface area contributed by atoms with Crippen molar-refractivity contribution < 1.29 is 4.74 Å². The predicted molar refractivity (Wildman–Crippen MR) is 104 cm³/mol. The van der Waals surface area contributed by atoms with Crippen molar-refractivity contribution in [1.29, 1.82) is 0 Å². The maximum absolute atomic E-state index is 5.18. The van der Waals surface area contributed by atoms with E-state index >= 15 is 0 Å². The number of rotatable bonds is 3. The van der Waals surface area contributed by atoms with Crippen LogP contribution < -0.4 is 10.1 Å². The Bertz CT molecular complexity index is 634. The molecule has 4 rings (SSSR count). The van der Waals surface area contributed by atoms with Gasteiger partial charge in [0.1, 0.15) is 5.75 Å². The molecule has 0 radical (unpaired) electrons. The van der Waals surface area contributed by atoms with Gasteiger partial charge in [-0.1, -0.05) is 43.3 Å². The molecule has 0 spiro atoms. The molecule has 1 atom stereocenters. The van der Waals surface area contributed by atoms with Crippen molar-refractivity contribution >= 4 is 0 Å². The third kappa shape index (κ3) is 4.83. The second-order valence-electron chi connectivity index (χ2n) is 6.80. The summed E-state index contributed by atoms with van der Waals surface area (Å²) < 4.78 is 5.18. The maximum Gasteiger partial charge on any atom is 0.118 e. The summed E-state index contributed by atoms with van der Waals surface area (Å²) in [5, 5.41) is 3.45. The molecule has 0 amide bonds. The van der Waals surface area contributed by atoms with Crippen LogP contribution >= 0.6 is 0 Å². The standard InChI is InChI=1S/C13H20N2O.C9H10/c1-3-15-9-8-14-10-13(15)11-4-6-12(16-2)7-5-11;1-3-8-5-2-6-9(4-1)7-8/h4-7,13-14H,3,8-10H2,1-2H3;1,3-4,7H,2,5-6H2. The number of ether oxygens (including phenoxy) is 1. The highest BCUT2D eigenvalue weighted by Crippen LogP contribution is 2.23. The summed E-state index contributed by atoms with van der Waals surface area (Å²) in [6.07, 6.45) is 3.92. The molecule has 2 bridgehead atoms. The Morgan fingerprint density at radius 1 is 1.08 bits per heavy atom. The minimum Gasteiger partial charge on any atom is -0.497 e. The first-order valence-corrected chi connectivity index (χ1v) is 9.46. The molecular weight excluding hydrogens is 308 g/mol. The Hall–Kier alpha value is -1.84. The molecule has 134 valence electrons. The number of benzene rings is 2. The number of fused-ring (bicyclic) bond motifs is 2. The number of piperazine rings is 1. The Morgan fingerprint density at radius 3 is 2.40 bits per heavy atom. The Morgan fingerprint density at radius 2 is 1.80 bits per heavy atom. The lowest BCUT2D eigenvalue weighted by Gasteiger charge is -2.35. The largest absolute Gasteiger partial charge is 0.497 e. The molecule has 1 aliphatic heterocycles. The second-order valence-corrected chi connectivity index (χ2v) is 6.80. The summed E-state index contributed by atoms with van der Waals surface area (Å²) in [5.41, 5.74) is 4.40. The van der Waals surface area contributed by atoms with E-state index in [1.165, 1.54) is 36.0 Å². The molecule has 1 saturated heterocycles. The van der Waals surface area contributed by atoms with Gasteiger partial charge in [0.2, 0.25) is 0 Å². The summed E-state index contributed by atoms with van der Waals surface area (Å²) in [4.78, 5) is 2.51. The van der Waals surface area contributed by atoms with Gasteiger partial charge in [-0.05, 0) is 54.6 Å². The lowest BCUT2D eigenvalue weighted by atomic mass is 9.96. The van der Waals surface area contributed by atoms with Crippen LogP contribution in [0.5, 0.6) is 5.75 Å². The molecule has 3 nitrogen and oxygen atoms in total. The van der Waals surface area contributed by atoms with E-state index in [0.29, 0.717) is 6.04 Å². The first-order chi connectivity index (χ1) is 12.3. The highest BCUT2D eigenvalue weighted by Gasteiger charge is 2.21. The molecule has 1 unspecified atom stereocenters. The molecule has 25 heavy (non-hydrogen) atoms. The summed E-state index contributed by atoms with van der Waals surface area (Å²) in [7, 11) is 1.70. The molecule has 2 aliphatic rings. The number of hydrogen-bond donors (Lipinski definition) is 1. The van der Waals surface area contributed by atoms with Gasteiger partial charge in [0, 0.05) is 25.7 Å². The first kappa shape index (κ1) is 18.0. The van der Waals surface area contributed by atoms with Crippen molar-refractivity contribution in [3.8, 4) is 5.75 Å². The fourth-order valence-corrected chi connectivity index (χ4v) is 3.72. The number of methoxy groups -OCH3 is 1. The summed E-state index contributed by atoms with van der Waals surface area (Å²) in [6.45, 7) is 6.61. The van der Waals surface area contributed by atoms with E-state index in [0.717, 1.165) is 31.9 Å². The molecule has 1 heterocycles. The van der Waals surface area contributed by atoms with Crippen LogP contribution in [-0.4, -0.2) is 38.2 Å². The van der Waals surface area contributed by atoms with E-state index in [2.05, 4.69) is 53.5 Å². The number of hydrogen-bond acceptors (Lipinski definition) is 3. The van der Waals surface area contributed by atoms with Crippen molar-refractivity contribution in [2.75, 3.05) is 33.3 Å². The molecule has 3 heteroatoms. The van der Waals surface area contributed by atoms with Gasteiger partial charge in [0.15, 0.2) is 0 Å². The highest BCUT2D eigenvalue weighted by molar-refractivity contribution is 5.29. The maximum atomic E-state index is 5.18. The van der Waals surface area contributed by atoms with Gasteiger partial charge in [-0.15, -0.1) is 0 Å². The van der Waals surface area contributed by atoms with Crippen molar-refractivity contribution in [1.82, 2.24) is 10.2 Å². The van der Waals surface area contributed by atoms with E-state index in [1.807, 2.05) is 12.1 Å². The predicted octanol–water partition coefficient (Wildman–Crippen LogP) is 3.84. The van der Waals surface area contributed by atoms with Crippen LogP contribution in [0.1, 0.15) is 36.1 Å². The Kier molecular flexibility index (Phi) is 6.48. The van der Waals surface area contributed by atoms with E-state index in [4.69, 9.17) is 4.74 Å². The van der Waals surface area contributed by atoms with Crippen molar-refractivity contribution in [2.45, 2.75) is 32.2 Å². The summed E-state index contributed by atoms with van der Waals surface area (Å²) in [6, 6.07) is 17.8. The second kappa shape index (κ2) is 9.02. The Balaban J connectivity index is 0.000000170. The normalized spacial score (nSPS) is 19.7. The average molecular weight is 338 g/mol. The topological polar surface area (TPSA) is 24.5 Å². The molecular formula is C22H30N2O. The van der Waals surface area contributed by atoms with E-state index in [-0.39, 0.29) is 0 Å². The molecule has 0 aromatic heterocycles. The molecule has 2 aromatic rings. The smallest absolute Gasteiger partial charge is 0.118 e. The van der Waals surface area contributed by atoms with Crippen molar-refractivity contribution in [2.24, 2.45) is 0 Å². The number of nitrogens with zero attached hydrogens (tertiary/aromatic N) is 1. The third-order valence-electron chi connectivity index (χ3n) is 5.18. The third-order valence-corrected chi connectivity index (χ3v) is 5.18. The van der Waals surface area contributed by atoms with Crippen LogP contribution in [0.4, 0.5) is 0 Å². The van der Waals surface area contributed by atoms with E-state index in [9.17, 15) is 0 Å². The van der Waals surface area contributed by atoms with E-state index in [1.54, 1.807) is 7.11 Å². The van der Waals surface area contributed by atoms with Crippen LogP contribution in [0.3, 0.4) is 0 Å². The van der Waals surface area contributed by atoms with Crippen molar-refractivity contribution in [3.05, 3.63) is 65.2 Å². The quantitative estimate of drug-likeness (QED) is 0.920. The lowest BCUT2D eigenvalue weighted by Crippen LogP contribution is -2.45. The number of likely N-dealkylation sites (N-methyl/N-ethyl adjacent to an activating group) is 1. The minimum absolute atomic E-state index is 0.504. The lowest BCUT2D eigenvalue weighted by molar-refractivity contribution is 0.171. The molecule has 1 aliphatic carbocycles. The molecule has 0 saturated carbocycles. The van der Waals surface area contributed by atoms with Gasteiger partial charge < -0.3 is 10.1 Å². The molecule has 1 N–H and O–H groups in total. The minimum atomic E-state index is 0.504. The van der Waals surface area contributed by atoms with Crippen LogP contribution in [0.2, 0.25) is 0 Å². The van der Waals surface area contributed by atoms with Crippen LogP contribution in [0.25, 0.3) is 0 Å². The first-order valence-electron chi connectivity index (χ1n) is 9.46. The van der Waals surface area contributed by atoms with Gasteiger partial charge in [-0.25, -0.2) is 0 Å². The summed E-state index contributed by atoms with van der Waals surface area (Å²) >= 11 is 0. The van der Waals surface area contributed by atoms with Crippen LogP contribution in [0.15, 0.2) is 48.5 Å². The van der Waals surface area contributed by atoms with Crippen molar-refractivity contribution in [3.63, 3.8) is 0 Å². The summed E-state index contributed by atoms with van der Waals surface area (Å²) in [5.74, 6) is 0.926. The van der Waals surface area contributed by atoms with Crippen LogP contribution in [-0.2, 0) is 12.8 Å². The van der Waals surface area contributed by atoms with Crippen LogP contribution in [0, 0.1) is 0 Å². The molecule has 1 fully saturated rings. The monoisotopic (exact) mass is 338 g/mol. The zero-order valence-corrected chi connectivity index (χ0v) is 15.5. The molecule has 2 aromatic carbocycles. The SMILES string of the molecule is CCN1CCNCC1c1ccc(OC)cc1.c1cc2cc(c1)CCC2. The number of nitrogens with one attached hydrogen (secondary N) is 1. The Labute approximate surface area is 152 Å². The zero-order chi connectivity index (χ0) is 17.5. The van der Waals surface area contributed by atoms with Gasteiger partial charge in [0.25, 0.3) is 0 Å². The number of aryl methyl sites for hydroxylation is 2. The van der Waals surface area contributed by atoms with Gasteiger partial charge in [-0.3, -0.25) is 4.90 Å². The fourth-order valence-electron chi connectivity index (χ4n) is 3.72. The zero-order valence-electron chi connectivity index (χ0n) is 15.5. The van der Waals surface area contributed by atoms with Gasteiger partial charge >= 0.3 is 0 Å². The highest BCUT2D eigenvalue weighted by atomic mass is 16.5. The fraction of sp³-hybridized carbons (Fsp3) is 0.455. The van der Waals surface area contributed by atoms with Gasteiger partial charge in [-0.2, -0.15) is 0 Å². The van der Waals surface area contributed by atoms with E-state index < -0.39 is 0 Å². The average Bonchev–Trinajstić information content (AvgIpc) is 2.69.